The quantitative estimate of drug-likeness (QED) is 0.622. The summed E-state index contributed by atoms with van der Waals surface area (Å²) in [6, 6.07) is 0. The van der Waals surface area contributed by atoms with Crippen molar-refractivity contribution in [1.29, 1.82) is 0 Å². The fourth-order valence-electron chi connectivity index (χ4n) is 2.47. The average molecular weight is 212 g/mol. The van der Waals surface area contributed by atoms with Gasteiger partial charge in [0.05, 0.1) is 18.1 Å². The topological polar surface area (TPSA) is 32.8 Å². The summed E-state index contributed by atoms with van der Waals surface area (Å²) in [7, 11) is 2.05. The highest BCUT2D eigenvalue weighted by molar-refractivity contribution is 5.80. The van der Waals surface area contributed by atoms with Gasteiger partial charge in [-0.1, -0.05) is 0 Å². The van der Waals surface area contributed by atoms with E-state index in [1.54, 1.807) is 0 Å². The molecule has 0 aromatic rings. The molecule has 2 unspecified atom stereocenters. The standard InChI is InChI=1S/C11H20N2O2/c1-8-4-13(5-9(2)15-8)11(14)10-6-12(3)7-10/h8-10H,4-7H2,1-3H3. The van der Waals surface area contributed by atoms with Crippen molar-refractivity contribution in [3.05, 3.63) is 0 Å². The molecule has 4 heteroatoms. The third-order valence-corrected chi connectivity index (χ3v) is 3.14. The first-order valence-electron chi connectivity index (χ1n) is 5.69. The smallest absolute Gasteiger partial charge is 0.228 e. The first kappa shape index (κ1) is 10.9. The molecule has 0 aromatic heterocycles. The Morgan fingerprint density at radius 2 is 1.67 bits per heavy atom. The fourth-order valence-corrected chi connectivity index (χ4v) is 2.47. The van der Waals surface area contributed by atoms with Gasteiger partial charge in [0.2, 0.25) is 5.91 Å². The van der Waals surface area contributed by atoms with Crippen molar-refractivity contribution in [2.75, 3.05) is 33.2 Å². The molecule has 1 amide bonds. The third-order valence-electron chi connectivity index (χ3n) is 3.14. The molecule has 0 aliphatic carbocycles. The molecule has 0 N–H and O–H groups in total. The number of carbonyl (C=O) groups is 1. The van der Waals surface area contributed by atoms with Crippen LogP contribution in [0.15, 0.2) is 0 Å². The summed E-state index contributed by atoms with van der Waals surface area (Å²) in [5.41, 5.74) is 0. The van der Waals surface area contributed by atoms with Gasteiger partial charge < -0.3 is 14.5 Å². The van der Waals surface area contributed by atoms with Gasteiger partial charge in [-0.25, -0.2) is 0 Å². The van der Waals surface area contributed by atoms with Gasteiger partial charge in [-0.2, -0.15) is 0 Å². The van der Waals surface area contributed by atoms with E-state index in [-0.39, 0.29) is 18.1 Å². The second-order valence-corrected chi connectivity index (χ2v) is 4.92. The normalized spacial score (nSPS) is 33.9. The average Bonchev–Trinajstić information content (AvgIpc) is 2.10. The van der Waals surface area contributed by atoms with Crippen LogP contribution in [0.3, 0.4) is 0 Å². The SMILES string of the molecule is CC1CN(C(=O)C2CN(C)C2)CC(C)O1. The monoisotopic (exact) mass is 212 g/mol. The van der Waals surface area contributed by atoms with Gasteiger partial charge in [0.1, 0.15) is 0 Å². The molecule has 86 valence electrons. The Morgan fingerprint density at radius 3 is 2.13 bits per heavy atom. The van der Waals surface area contributed by atoms with Gasteiger partial charge in [0.15, 0.2) is 0 Å². The summed E-state index contributed by atoms with van der Waals surface area (Å²) in [5.74, 6) is 0.544. The van der Waals surface area contributed by atoms with Gasteiger partial charge in [-0.05, 0) is 20.9 Å². The van der Waals surface area contributed by atoms with Crippen molar-refractivity contribution < 1.29 is 9.53 Å². The van der Waals surface area contributed by atoms with E-state index in [4.69, 9.17) is 4.74 Å². The molecule has 2 aliphatic heterocycles. The molecular weight excluding hydrogens is 192 g/mol. The summed E-state index contributed by atoms with van der Waals surface area (Å²) in [5, 5.41) is 0. The number of ether oxygens (including phenoxy) is 1. The van der Waals surface area contributed by atoms with Crippen molar-refractivity contribution >= 4 is 5.91 Å². The van der Waals surface area contributed by atoms with Crippen LogP contribution in [0.25, 0.3) is 0 Å². The van der Waals surface area contributed by atoms with E-state index in [9.17, 15) is 4.79 Å². The minimum atomic E-state index is 0.176. The minimum absolute atomic E-state index is 0.176. The van der Waals surface area contributed by atoms with Crippen LogP contribution in [0.5, 0.6) is 0 Å². The van der Waals surface area contributed by atoms with Crippen molar-refractivity contribution in [3.63, 3.8) is 0 Å². The van der Waals surface area contributed by atoms with E-state index in [0.717, 1.165) is 26.2 Å². The molecule has 2 atom stereocenters. The lowest BCUT2D eigenvalue weighted by Gasteiger charge is -2.42. The largest absolute Gasteiger partial charge is 0.372 e. The van der Waals surface area contributed by atoms with Crippen molar-refractivity contribution in [2.45, 2.75) is 26.1 Å². The number of hydrogen-bond donors (Lipinski definition) is 0. The maximum absolute atomic E-state index is 12.1. The third kappa shape index (κ3) is 2.32. The van der Waals surface area contributed by atoms with E-state index < -0.39 is 0 Å². The van der Waals surface area contributed by atoms with Crippen molar-refractivity contribution in [1.82, 2.24) is 9.80 Å². The number of likely N-dealkylation sites (tertiary alicyclic amines) is 1. The summed E-state index contributed by atoms with van der Waals surface area (Å²) in [6.07, 6.45) is 0.353. The van der Waals surface area contributed by atoms with Crippen LogP contribution in [-0.2, 0) is 9.53 Å². The van der Waals surface area contributed by atoms with Crippen LogP contribution < -0.4 is 0 Å². The van der Waals surface area contributed by atoms with Crippen molar-refractivity contribution in [3.8, 4) is 0 Å². The Balaban J connectivity index is 1.89. The number of morpholine rings is 1. The van der Waals surface area contributed by atoms with Crippen LogP contribution in [0.2, 0.25) is 0 Å². The van der Waals surface area contributed by atoms with Crippen LogP contribution >= 0.6 is 0 Å². The zero-order valence-electron chi connectivity index (χ0n) is 9.77. The Labute approximate surface area is 91.2 Å². The highest BCUT2D eigenvalue weighted by Crippen LogP contribution is 2.19. The van der Waals surface area contributed by atoms with Crippen LogP contribution in [0, 0.1) is 5.92 Å². The van der Waals surface area contributed by atoms with Crippen LogP contribution in [0.4, 0.5) is 0 Å². The highest BCUT2D eigenvalue weighted by Gasteiger charge is 2.35. The Morgan fingerprint density at radius 1 is 1.13 bits per heavy atom. The first-order chi connectivity index (χ1) is 7.06. The molecule has 0 aromatic carbocycles. The summed E-state index contributed by atoms with van der Waals surface area (Å²) < 4.78 is 5.61. The molecule has 2 rings (SSSR count). The van der Waals surface area contributed by atoms with Crippen LogP contribution in [-0.4, -0.2) is 61.1 Å². The zero-order valence-corrected chi connectivity index (χ0v) is 9.77. The number of rotatable bonds is 1. The molecule has 0 spiro atoms. The molecule has 0 bridgehead atoms. The Hall–Kier alpha value is -0.610. The van der Waals surface area contributed by atoms with Gasteiger partial charge in [-0.15, -0.1) is 0 Å². The van der Waals surface area contributed by atoms with E-state index in [1.807, 2.05) is 25.8 Å². The molecule has 15 heavy (non-hydrogen) atoms. The molecule has 2 aliphatic rings. The molecular formula is C11H20N2O2. The molecule has 0 radical (unpaired) electrons. The lowest BCUT2D eigenvalue weighted by Crippen LogP contribution is -2.57. The number of carbonyl (C=O) groups excluding carboxylic acids is 1. The van der Waals surface area contributed by atoms with Gasteiger partial charge >= 0.3 is 0 Å². The van der Waals surface area contributed by atoms with Crippen LogP contribution in [0.1, 0.15) is 13.8 Å². The minimum Gasteiger partial charge on any atom is -0.372 e. The number of nitrogens with zero attached hydrogens (tertiary/aromatic N) is 2. The lowest BCUT2D eigenvalue weighted by atomic mass is 9.99. The second kappa shape index (κ2) is 4.10. The summed E-state index contributed by atoms with van der Waals surface area (Å²) in [4.78, 5) is 16.2. The molecule has 2 heterocycles. The zero-order chi connectivity index (χ0) is 11.0. The first-order valence-corrected chi connectivity index (χ1v) is 5.69. The van der Waals surface area contributed by atoms with E-state index >= 15 is 0 Å². The summed E-state index contributed by atoms with van der Waals surface area (Å²) in [6.45, 7) is 7.40. The van der Waals surface area contributed by atoms with Gasteiger partial charge in [0.25, 0.3) is 0 Å². The van der Waals surface area contributed by atoms with Gasteiger partial charge in [0, 0.05) is 26.2 Å². The Bertz CT molecular complexity index is 241. The number of amides is 1. The molecule has 0 saturated carbocycles. The lowest BCUT2D eigenvalue weighted by molar-refractivity contribution is -0.152. The maximum atomic E-state index is 12.1. The van der Waals surface area contributed by atoms with E-state index in [1.165, 1.54) is 0 Å². The molecule has 2 saturated heterocycles. The van der Waals surface area contributed by atoms with Crippen molar-refractivity contribution in [2.24, 2.45) is 5.92 Å². The molecule has 4 nitrogen and oxygen atoms in total. The fraction of sp³-hybridized carbons (Fsp3) is 0.909. The maximum Gasteiger partial charge on any atom is 0.228 e. The second-order valence-electron chi connectivity index (χ2n) is 4.92. The highest BCUT2D eigenvalue weighted by atomic mass is 16.5. The predicted molar refractivity (Wildman–Crippen MR) is 57.6 cm³/mol. The Kier molecular flexibility index (Phi) is 2.98. The molecule has 2 fully saturated rings. The summed E-state index contributed by atoms with van der Waals surface area (Å²) >= 11 is 0. The van der Waals surface area contributed by atoms with Gasteiger partial charge in [-0.3, -0.25) is 4.79 Å². The van der Waals surface area contributed by atoms with E-state index in [0.29, 0.717) is 5.91 Å². The number of hydrogen-bond acceptors (Lipinski definition) is 3. The van der Waals surface area contributed by atoms with E-state index in [2.05, 4.69) is 4.90 Å². The predicted octanol–water partition coefficient (Wildman–Crippen LogP) is 0.184.